The van der Waals surface area contributed by atoms with E-state index in [1.165, 1.54) is 0 Å². The van der Waals surface area contributed by atoms with Crippen LogP contribution in [0.1, 0.15) is 40.1 Å². The number of carbonyl (C=O) groups is 1. The largest absolute Gasteiger partial charge is 0.478 e. The van der Waals surface area contributed by atoms with E-state index in [2.05, 4.69) is 16.4 Å². The third kappa shape index (κ3) is 4.56. The highest BCUT2D eigenvalue weighted by molar-refractivity contribution is 5.94. The molecule has 0 bridgehead atoms. The molecule has 1 aliphatic rings. The topological polar surface area (TPSA) is 111 Å². The molecule has 2 heterocycles. The van der Waals surface area contributed by atoms with Gasteiger partial charge in [0.25, 0.3) is 0 Å². The number of hydrogen-bond donors (Lipinski definition) is 2. The molecule has 8 nitrogen and oxygen atoms in total. The highest BCUT2D eigenvalue weighted by Gasteiger charge is 2.25. The van der Waals surface area contributed by atoms with E-state index in [4.69, 9.17) is 9.72 Å². The van der Waals surface area contributed by atoms with Crippen LogP contribution in [0.3, 0.4) is 0 Å². The number of nitrogens with one attached hydrogen (secondary N) is 1. The van der Waals surface area contributed by atoms with Gasteiger partial charge in [0, 0.05) is 24.3 Å². The summed E-state index contributed by atoms with van der Waals surface area (Å²) in [4.78, 5) is 22.8. The van der Waals surface area contributed by atoms with Gasteiger partial charge >= 0.3 is 5.97 Å². The summed E-state index contributed by atoms with van der Waals surface area (Å²) < 4.78 is 18.6. The number of aromatic carboxylic acids is 1. The lowest BCUT2D eigenvalue weighted by Gasteiger charge is -2.33. The maximum Gasteiger partial charge on any atom is 0.337 e. The van der Waals surface area contributed by atoms with Gasteiger partial charge in [-0.3, -0.25) is 0 Å². The van der Waals surface area contributed by atoms with E-state index in [1.807, 2.05) is 30.9 Å². The molecule has 1 unspecified atom stereocenters. The van der Waals surface area contributed by atoms with Gasteiger partial charge in [-0.1, -0.05) is 18.2 Å². The molecule has 1 fully saturated rings. The van der Waals surface area contributed by atoms with E-state index in [-0.39, 0.29) is 23.8 Å². The number of nitriles is 1. The summed E-state index contributed by atoms with van der Waals surface area (Å²) in [6.07, 6.45) is -0.576. The molecule has 1 aromatic heterocycles. The number of ether oxygens (including phenoxy) is 1. The molecule has 170 valence electrons. The number of halogens is 1. The van der Waals surface area contributed by atoms with E-state index in [0.29, 0.717) is 35.7 Å². The maximum atomic E-state index is 13.2. The Morgan fingerprint density at radius 3 is 2.91 bits per heavy atom. The van der Waals surface area contributed by atoms with Crippen LogP contribution in [-0.2, 0) is 4.74 Å². The van der Waals surface area contributed by atoms with Crippen LogP contribution in [0.25, 0.3) is 11.0 Å². The van der Waals surface area contributed by atoms with Crippen LogP contribution >= 0.6 is 0 Å². The van der Waals surface area contributed by atoms with Gasteiger partial charge in [-0.25, -0.2) is 19.2 Å². The summed E-state index contributed by atoms with van der Waals surface area (Å²) in [5.74, 6) is -0.620. The quantitative estimate of drug-likeness (QED) is 0.584. The molecule has 2 atom stereocenters. The van der Waals surface area contributed by atoms with Crippen molar-refractivity contribution >= 4 is 28.5 Å². The summed E-state index contributed by atoms with van der Waals surface area (Å²) >= 11 is 0. The van der Waals surface area contributed by atoms with Crippen molar-refractivity contribution in [1.82, 2.24) is 9.97 Å². The van der Waals surface area contributed by atoms with Crippen LogP contribution in [0.2, 0.25) is 0 Å². The molecule has 33 heavy (non-hydrogen) atoms. The molecule has 4 rings (SSSR count). The Bertz CT molecular complexity index is 1240. The number of aryl methyl sites for hydroxylation is 1. The highest BCUT2D eigenvalue weighted by Crippen LogP contribution is 2.31. The zero-order chi connectivity index (χ0) is 23.5. The number of para-hydroxylation sites is 1. The molecule has 0 amide bonds. The number of anilines is 2. The smallest absolute Gasteiger partial charge is 0.337 e. The van der Waals surface area contributed by atoms with Crippen LogP contribution in [0.5, 0.6) is 0 Å². The number of fused-ring (bicyclic) bond motifs is 1. The van der Waals surface area contributed by atoms with E-state index in [0.717, 1.165) is 11.1 Å². The molecule has 0 spiro atoms. The lowest BCUT2D eigenvalue weighted by atomic mass is 10.0. The van der Waals surface area contributed by atoms with Crippen molar-refractivity contribution in [2.75, 3.05) is 36.6 Å². The summed E-state index contributed by atoms with van der Waals surface area (Å²) in [5.41, 5.74) is 3.77. The average Bonchev–Trinajstić information content (AvgIpc) is 2.82. The molecule has 0 aliphatic carbocycles. The first-order valence-corrected chi connectivity index (χ1v) is 10.6. The van der Waals surface area contributed by atoms with Crippen LogP contribution in [0.15, 0.2) is 36.4 Å². The first-order chi connectivity index (χ1) is 15.9. The van der Waals surface area contributed by atoms with Crippen molar-refractivity contribution < 1.29 is 19.0 Å². The second kappa shape index (κ2) is 9.38. The molecule has 2 N–H and O–H groups in total. The van der Waals surface area contributed by atoms with Crippen molar-refractivity contribution in [3.63, 3.8) is 0 Å². The molecule has 2 aromatic carbocycles. The van der Waals surface area contributed by atoms with Gasteiger partial charge in [-0.15, -0.1) is 0 Å². The summed E-state index contributed by atoms with van der Waals surface area (Å²) in [6.45, 7) is 4.33. The molecule has 1 aliphatic heterocycles. The highest BCUT2D eigenvalue weighted by atomic mass is 19.1. The fraction of sp³-hybridized carbons (Fsp3) is 0.333. The van der Waals surface area contributed by atoms with Gasteiger partial charge in [0.05, 0.1) is 29.2 Å². The van der Waals surface area contributed by atoms with Crippen molar-refractivity contribution in [2.45, 2.75) is 26.0 Å². The summed E-state index contributed by atoms with van der Waals surface area (Å²) in [5, 5.41) is 22.5. The monoisotopic (exact) mass is 449 g/mol. The lowest BCUT2D eigenvalue weighted by Crippen LogP contribution is -2.44. The van der Waals surface area contributed by atoms with Crippen molar-refractivity contribution in [2.24, 2.45) is 0 Å². The number of hydrogen-bond acceptors (Lipinski definition) is 7. The Hall–Kier alpha value is -3.77. The van der Waals surface area contributed by atoms with Gasteiger partial charge in [-0.2, -0.15) is 5.26 Å². The number of carboxylic acid groups (broad SMARTS) is 1. The zero-order valence-electron chi connectivity index (χ0n) is 18.4. The summed E-state index contributed by atoms with van der Waals surface area (Å²) in [7, 11) is 0. The van der Waals surface area contributed by atoms with Crippen LogP contribution in [0, 0.1) is 18.3 Å². The number of nitrogens with zero attached hydrogens (tertiary/aromatic N) is 4. The van der Waals surface area contributed by atoms with Gasteiger partial charge < -0.3 is 20.1 Å². The van der Waals surface area contributed by atoms with Gasteiger partial charge in [-0.05, 0) is 37.6 Å². The molecule has 1 saturated heterocycles. The van der Waals surface area contributed by atoms with Gasteiger partial charge in [0.15, 0.2) is 11.5 Å². The fourth-order valence-electron chi connectivity index (χ4n) is 4.06. The van der Waals surface area contributed by atoms with E-state index >= 15 is 0 Å². The van der Waals surface area contributed by atoms with Gasteiger partial charge in [0.2, 0.25) is 0 Å². The fourth-order valence-corrected chi connectivity index (χ4v) is 4.06. The van der Waals surface area contributed by atoms with Crippen molar-refractivity contribution in [1.29, 1.82) is 5.26 Å². The zero-order valence-corrected chi connectivity index (χ0v) is 18.4. The Kier molecular flexibility index (Phi) is 6.38. The number of rotatable bonds is 6. The molecular formula is C24H24FN5O3. The van der Waals surface area contributed by atoms with E-state index < -0.39 is 18.7 Å². The second-order valence-electron chi connectivity index (χ2n) is 8.04. The molecule has 0 saturated carbocycles. The normalized spacial score (nSPS) is 16.9. The number of carboxylic acids is 1. The Morgan fingerprint density at radius 1 is 1.39 bits per heavy atom. The second-order valence-corrected chi connectivity index (χ2v) is 8.04. The van der Waals surface area contributed by atoms with Crippen molar-refractivity contribution in [3.8, 4) is 6.07 Å². The number of benzene rings is 2. The Labute approximate surface area is 190 Å². The Morgan fingerprint density at radius 2 is 2.18 bits per heavy atom. The minimum absolute atomic E-state index is 0.172. The third-order valence-electron chi connectivity index (χ3n) is 5.64. The standard InChI is InChI=1S/C24H24FN5O3/c1-14-9-18(15(2)27-19-6-4-3-5-17(19)24(31)32)22-20(10-14)28-21(12-26)23(29-22)30-7-8-33-16(11-25)13-30/h3-6,9-10,15-16,27H,7-8,11,13H2,1-2H3,(H,31,32)/t15-,16?/m1/s1. The Balaban J connectivity index is 1.78. The predicted octanol–water partition coefficient (Wildman–Crippen LogP) is 3.86. The first-order valence-electron chi connectivity index (χ1n) is 10.6. The minimum atomic E-state index is -1.02. The van der Waals surface area contributed by atoms with E-state index in [1.54, 1.807) is 24.3 Å². The average molecular weight is 449 g/mol. The first kappa shape index (κ1) is 22.4. The van der Waals surface area contributed by atoms with Crippen LogP contribution in [0.4, 0.5) is 15.9 Å². The molecular weight excluding hydrogens is 425 g/mol. The molecule has 0 radical (unpaired) electrons. The SMILES string of the molecule is Cc1cc([C@@H](C)Nc2ccccc2C(=O)O)c2nc(N3CCOC(CF)C3)c(C#N)nc2c1. The van der Waals surface area contributed by atoms with Crippen LogP contribution < -0.4 is 10.2 Å². The maximum absolute atomic E-state index is 13.2. The third-order valence-corrected chi connectivity index (χ3v) is 5.64. The number of alkyl halides is 1. The van der Waals surface area contributed by atoms with Crippen LogP contribution in [-0.4, -0.2) is 53.5 Å². The molecule has 3 aromatic rings. The number of aromatic nitrogens is 2. The lowest BCUT2D eigenvalue weighted by molar-refractivity contribution is 0.0244. The number of morpholine rings is 1. The van der Waals surface area contributed by atoms with E-state index in [9.17, 15) is 19.6 Å². The van der Waals surface area contributed by atoms with Crippen molar-refractivity contribution in [3.05, 3.63) is 58.8 Å². The summed E-state index contributed by atoms with van der Waals surface area (Å²) in [6, 6.07) is 12.4. The van der Waals surface area contributed by atoms with Gasteiger partial charge in [0.1, 0.15) is 18.8 Å². The minimum Gasteiger partial charge on any atom is -0.478 e. The molecule has 9 heteroatoms. The predicted molar refractivity (Wildman–Crippen MR) is 122 cm³/mol.